The minimum Gasteiger partial charge on any atom is -0.252 e. The summed E-state index contributed by atoms with van der Waals surface area (Å²) in [5.74, 6) is 3.21. The Balaban J connectivity index is 1.44. The van der Waals surface area contributed by atoms with Crippen LogP contribution in [0, 0.1) is 0 Å². The molecule has 0 amide bonds. The number of benzene rings is 4. The second-order valence-electron chi connectivity index (χ2n) is 8.42. The molecule has 0 N–H and O–H groups in total. The number of hydrogen-bond acceptors (Lipinski definition) is 6. The van der Waals surface area contributed by atoms with Gasteiger partial charge in [0.2, 0.25) is 0 Å². The maximum Gasteiger partial charge on any atom is 0.0733 e. The smallest absolute Gasteiger partial charge is 0.0733 e. The van der Waals surface area contributed by atoms with E-state index in [4.69, 9.17) is 9.97 Å². The van der Waals surface area contributed by atoms with Crippen LogP contribution in [0.3, 0.4) is 0 Å². The highest BCUT2D eigenvalue weighted by Gasteiger charge is 2.16. The van der Waals surface area contributed by atoms with Gasteiger partial charge in [0.15, 0.2) is 0 Å². The van der Waals surface area contributed by atoms with E-state index >= 15 is 0 Å². The Morgan fingerprint density at radius 3 is 0.737 bits per heavy atom. The van der Waals surface area contributed by atoms with Crippen LogP contribution in [-0.4, -0.2) is 9.97 Å². The van der Waals surface area contributed by atoms with Crippen molar-refractivity contribution in [2.24, 2.45) is 0 Å². The lowest BCUT2D eigenvalue weighted by atomic mass is 10.3. The van der Waals surface area contributed by atoms with E-state index in [1.54, 1.807) is 0 Å². The fourth-order valence-corrected chi connectivity index (χ4v) is 7.26. The molecule has 0 bridgehead atoms. The van der Waals surface area contributed by atoms with Crippen LogP contribution in [0.25, 0.3) is 0 Å². The monoisotopic (exact) mass is 568 g/mol. The summed E-state index contributed by atoms with van der Waals surface area (Å²) in [6.45, 7) is 0. The average Bonchev–Trinajstić information content (AvgIpc) is 2.99. The van der Waals surface area contributed by atoms with Crippen molar-refractivity contribution in [3.63, 3.8) is 0 Å². The van der Waals surface area contributed by atoms with Gasteiger partial charge in [-0.3, -0.25) is 9.97 Å². The number of nitrogens with zero attached hydrogens (tertiary/aromatic N) is 2. The molecule has 0 aliphatic heterocycles. The number of rotatable bonds is 12. The van der Waals surface area contributed by atoms with Crippen molar-refractivity contribution in [3.8, 4) is 0 Å². The molecule has 5 aromatic rings. The second kappa shape index (κ2) is 14.5. The summed E-state index contributed by atoms with van der Waals surface area (Å²) in [6.07, 6.45) is 0. The van der Waals surface area contributed by atoms with Gasteiger partial charge in [-0.15, -0.1) is 47.0 Å². The summed E-state index contributed by atoms with van der Waals surface area (Å²) in [5.41, 5.74) is 4.33. The fourth-order valence-electron chi connectivity index (χ4n) is 3.72. The minimum atomic E-state index is 0.802. The first-order chi connectivity index (χ1) is 18.8. The molecule has 0 unspecified atom stereocenters. The van der Waals surface area contributed by atoms with Crippen LogP contribution in [0.4, 0.5) is 0 Å². The number of thioether (sulfide) groups is 4. The standard InChI is InChI=1S/C32H28N2S4/c1-5-13-25(14-6-1)35-21-29-30(22-36-26-15-7-2-8-16-26)34-32(24-38-28-19-11-4-12-20-28)31(33-29)23-37-27-17-9-3-10-18-27/h1-20H,21-24H2. The molecule has 1 aromatic heterocycles. The molecule has 4 aromatic carbocycles. The normalized spacial score (nSPS) is 10.9. The molecule has 0 fully saturated rings. The van der Waals surface area contributed by atoms with E-state index in [-0.39, 0.29) is 0 Å². The van der Waals surface area contributed by atoms with Crippen LogP contribution in [0.2, 0.25) is 0 Å². The van der Waals surface area contributed by atoms with Gasteiger partial charge in [-0.2, -0.15) is 0 Å². The summed E-state index contributed by atoms with van der Waals surface area (Å²) < 4.78 is 0. The molecular formula is C32H28N2S4. The largest absolute Gasteiger partial charge is 0.252 e. The van der Waals surface area contributed by atoms with Crippen molar-refractivity contribution in [1.82, 2.24) is 9.97 Å². The molecule has 5 rings (SSSR count). The Morgan fingerprint density at radius 2 is 0.526 bits per heavy atom. The molecule has 38 heavy (non-hydrogen) atoms. The van der Waals surface area contributed by atoms with Crippen LogP contribution in [0.5, 0.6) is 0 Å². The molecule has 6 heteroatoms. The molecule has 0 spiro atoms. The number of aromatic nitrogens is 2. The zero-order valence-corrected chi connectivity index (χ0v) is 24.2. The zero-order valence-electron chi connectivity index (χ0n) is 20.9. The third-order valence-electron chi connectivity index (χ3n) is 5.68. The van der Waals surface area contributed by atoms with Gasteiger partial charge >= 0.3 is 0 Å². The van der Waals surface area contributed by atoms with Crippen LogP contribution in [0.15, 0.2) is 141 Å². The molecule has 0 saturated heterocycles. The molecular weight excluding hydrogens is 541 g/mol. The summed E-state index contributed by atoms with van der Waals surface area (Å²) >= 11 is 7.30. The van der Waals surface area contributed by atoms with Gasteiger partial charge in [0, 0.05) is 42.6 Å². The summed E-state index contributed by atoms with van der Waals surface area (Å²) in [4.78, 5) is 15.6. The third-order valence-corrected chi connectivity index (χ3v) is 9.77. The van der Waals surface area contributed by atoms with Crippen molar-refractivity contribution in [3.05, 3.63) is 144 Å². The lowest BCUT2D eigenvalue weighted by molar-refractivity contribution is 0.928. The first-order valence-corrected chi connectivity index (χ1v) is 16.4. The Morgan fingerprint density at radius 1 is 0.316 bits per heavy atom. The Labute approximate surface area is 242 Å². The van der Waals surface area contributed by atoms with Crippen molar-refractivity contribution in [2.75, 3.05) is 0 Å². The summed E-state index contributed by atoms with van der Waals surface area (Å²) in [5, 5.41) is 0. The second-order valence-corrected chi connectivity index (χ2v) is 12.6. The average molecular weight is 569 g/mol. The highest BCUT2D eigenvalue weighted by molar-refractivity contribution is 7.99. The molecule has 2 nitrogen and oxygen atoms in total. The van der Waals surface area contributed by atoms with Crippen LogP contribution < -0.4 is 0 Å². The van der Waals surface area contributed by atoms with E-state index in [0.717, 1.165) is 45.8 Å². The van der Waals surface area contributed by atoms with Gasteiger partial charge in [-0.25, -0.2) is 0 Å². The molecule has 190 valence electrons. The lowest BCUT2D eigenvalue weighted by Gasteiger charge is -2.15. The first kappa shape index (κ1) is 26.9. The molecule has 0 aliphatic rings. The SMILES string of the molecule is c1ccc(SCc2nc(CSc3ccccc3)c(CSc3ccccc3)nc2CSc2ccccc2)cc1. The first-order valence-electron chi connectivity index (χ1n) is 12.4. The number of hydrogen-bond donors (Lipinski definition) is 0. The fraction of sp³-hybridized carbons (Fsp3) is 0.125. The van der Waals surface area contributed by atoms with Crippen LogP contribution in [-0.2, 0) is 23.0 Å². The lowest BCUT2D eigenvalue weighted by Crippen LogP contribution is -2.08. The van der Waals surface area contributed by atoms with Crippen molar-refractivity contribution >= 4 is 47.0 Å². The predicted octanol–water partition coefficient (Wildman–Crippen LogP) is 9.65. The maximum atomic E-state index is 5.30. The quantitative estimate of drug-likeness (QED) is 0.139. The van der Waals surface area contributed by atoms with E-state index in [9.17, 15) is 0 Å². The van der Waals surface area contributed by atoms with E-state index in [1.807, 2.05) is 47.0 Å². The van der Waals surface area contributed by atoms with Crippen molar-refractivity contribution in [2.45, 2.75) is 42.6 Å². The summed E-state index contributed by atoms with van der Waals surface area (Å²) in [7, 11) is 0. The summed E-state index contributed by atoms with van der Waals surface area (Å²) in [6, 6.07) is 42.2. The van der Waals surface area contributed by atoms with Gasteiger partial charge in [0.25, 0.3) is 0 Å². The van der Waals surface area contributed by atoms with Gasteiger partial charge in [-0.05, 0) is 48.5 Å². The zero-order chi connectivity index (χ0) is 25.8. The molecule has 0 atom stereocenters. The Kier molecular flexibility index (Phi) is 10.3. The Bertz CT molecular complexity index is 1180. The highest BCUT2D eigenvalue weighted by atomic mass is 32.2. The third kappa shape index (κ3) is 8.18. The van der Waals surface area contributed by atoms with Gasteiger partial charge < -0.3 is 0 Å². The van der Waals surface area contributed by atoms with Gasteiger partial charge in [-0.1, -0.05) is 72.8 Å². The van der Waals surface area contributed by atoms with Crippen LogP contribution in [0.1, 0.15) is 22.8 Å². The minimum absolute atomic E-state index is 0.802. The van der Waals surface area contributed by atoms with Gasteiger partial charge in [0.1, 0.15) is 0 Å². The van der Waals surface area contributed by atoms with Crippen LogP contribution >= 0.6 is 47.0 Å². The van der Waals surface area contributed by atoms with E-state index < -0.39 is 0 Å². The van der Waals surface area contributed by atoms with E-state index in [2.05, 4.69) is 121 Å². The molecule has 0 radical (unpaired) electrons. The maximum absolute atomic E-state index is 5.30. The van der Waals surface area contributed by atoms with Crippen molar-refractivity contribution in [1.29, 1.82) is 0 Å². The Hall–Kier alpha value is -2.64. The molecule has 1 heterocycles. The molecule has 0 saturated carbocycles. The predicted molar refractivity (Wildman–Crippen MR) is 166 cm³/mol. The van der Waals surface area contributed by atoms with E-state index in [1.165, 1.54) is 19.6 Å². The molecule has 0 aliphatic carbocycles. The van der Waals surface area contributed by atoms with E-state index in [0.29, 0.717) is 0 Å². The van der Waals surface area contributed by atoms with Gasteiger partial charge in [0.05, 0.1) is 22.8 Å². The highest BCUT2D eigenvalue weighted by Crippen LogP contribution is 2.32. The van der Waals surface area contributed by atoms with Crippen molar-refractivity contribution < 1.29 is 0 Å². The topological polar surface area (TPSA) is 25.8 Å².